The van der Waals surface area contributed by atoms with Gasteiger partial charge in [0.25, 0.3) is 0 Å². The van der Waals surface area contributed by atoms with E-state index in [1.54, 1.807) is 25.7 Å². The van der Waals surface area contributed by atoms with E-state index in [2.05, 4.69) is 22.9 Å². The Hall–Kier alpha value is -0.640. The number of fused-ring (bicyclic) bond motifs is 2. The van der Waals surface area contributed by atoms with E-state index in [9.17, 15) is 8.78 Å². The van der Waals surface area contributed by atoms with Gasteiger partial charge in [-0.3, -0.25) is 0 Å². The van der Waals surface area contributed by atoms with Crippen molar-refractivity contribution in [2.45, 2.75) is 52.5 Å². The van der Waals surface area contributed by atoms with E-state index in [4.69, 9.17) is 4.74 Å². The van der Waals surface area contributed by atoms with Crippen molar-refractivity contribution in [2.24, 2.45) is 11.8 Å². The topological polar surface area (TPSA) is 18.5 Å². The summed E-state index contributed by atoms with van der Waals surface area (Å²) in [6.45, 7) is 0. The van der Waals surface area contributed by atoms with E-state index in [0.717, 1.165) is 55.2 Å². The standard InChI is InChI=1S/C26H30F2I2O2/c1-31-25-9-6-20(18-4-7-22(8-5-18)32-26(27,28)29)16-23(25)19-10-12-30(13-11-19)24-15-17-2-3-21(24)14-17/h4-9,16-17,19,21,24H,2-3,10-15H2,1H3/t17?,21?,24-/m0/s1. The van der Waals surface area contributed by atoms with Crippen molar-refractivity contribution >= 4 is 42.4 Å². The second-order valence-electron chi connectivity index (χ2n) is 9.37. The van der Waals surface area contributed by atoms with Crippen LogP contribution >= 0.6 is 42.4 Å². The van der Waals surface area contributed by atoms with Crippen LogP contribution in [0.15, 0.2) is 42.5 Å². The van der Waals surface area contributed by atoms with Crippen LogP contribution in [0.25, 0.3) is 11.1 Å². The summed E-state index contributed by atoms with van der Waals surface area (Å²) in [7, 11) is 1.76. The molecule has 0 N–H and O–H groups in total. The average molecular weight is 666 g/mol. The molecule has 1 heterocycles. The van der Waals surface area contributed by atoms with E-state index < -0.39 is 23.9 Å². The summed E-state index contributed by atoms with van der Waals surface area (Å²) >= 11 is 0.170. The van der Waals surface area contributed by atoms with Crippen LogP contribution in [0.1, 0.15) is 50.0 Å². The van der Waals surface area contributed by atoms with Crippen LogP contribution in [0, 0.1) is 11.8 Å². The van der Waals surface area contributed by atoms with Crippen molar-refractivity contribution in [3.63, 3.8) is 0 Å². The Labute approximate surface area is 210 Å². The normalized spacial score (nSPS) is 27.0. The van der Waals surface area contributed by atoms with Gasteiger partial charge in [-0.2, -0.15) is 8.78 Å². The van der Waals surface area contributed by atoms with Crippen LogP contribution < -0.4 is 9.47 Å². The van der Waals surface area contributed by atoms with Gasteiger partial charge in [-0.05, 0) is 0 Å². The Morgan fingerprint density at radius 3 is 2.25 bits per heavy atom. The molecule has 3 atom stereocenters. The summed E-state index contributed by atoms with van der Waals surface area (Å²) in [6.07, 6.45) is 8.72. The molecule has 2 saturated carbocycles. The number of hydrogen-bond acceptors (Lipinski definition) is 2. The molecule has 2 bridgehead atoms. The number of hydrogen-bond donors (Lipinski definition) is 0. The quantitative estimate of drug-likeness (QED) is 0.228. The van der Waals surface area contributed by atoms with Crippen molar-refractivity contribution in [2.75, 3.05) is 16.0 Å². The van der Waals surface area contributed by atoms with Crippen LogP contribution in [0.2, 0.25) is 0 Å². The summed E-state index contributed by atoms with van der Waals surface area (Å²) in [6, 6.07) is 13.3. The molecule has 174 valence electrons. The first-order valence-corrected chi connectivity index (χ1v) is 16.9. The number of ether oxygens (including phenoxy) is 2. The Morgan fingerprint density at radius 2 is 1.66 bits per heavy atom. The first kappa shape index (κ1) is 23.1. The van der Waals surface area contributed by atoms with Gasteiger partial charge in [0.2, 0.25) is 0 Å². The maximum atomic E-state index is 13.1. The van der Waals surface area contributed by atoms with E-state index in [-0.39, 0.29) is 5.75 Å². The van der Waals surface area contributed by atoms with Crippen molar-refractivity contribution < 1.29 is 18.3 Å². The third-order valence-corrected chi connectivity index (χ3v) is 15.6. The fraction of sp³-hybridized carbons (Fsp3) is 0.538. The number of methoxy groups -OCH3 is 1. The average Bonchev–Trinajstić information content (AvgIpc) is 3.42. The van der Waals surface area contributed by atoms with Crippen LogP contribution in [-0.2, 0) is 0 Å². The molecule has 1 saturated heterocycles. The van der Waals surface area contributed by atoms with Crippen molar-refractivity contribution in [3.8, 4) is 22.6 Å². The van der Waals surface area contributed by atoms with Gasteiger partial charge in [0.15, 0.2) is 0 Å². The zero-order valence-electron chi connectivity index (χ0n) is 18.3. The van der Waals surface area contributed by atoms with Crippen LogP contribution in [-0.4, -0.2) is 24.0 Å². The minimum absolute atomic E-state index is 0.173. The predicted molar refractivity (Wildman–Crippen MR) is 143 cm³/mol. The first-order valence-electron chi connectivity index (χ1n) is 11.5. The molecule has 2 nitrogen and oxygen atoms in total. The van der Waals surface area contributed by atoms with Gasteiger partial charge in [0, 0.05) is 0 Å². The summed E-state index contributed by atoms with van der Waals surface area (Å²) in [5.74, 6) is 3.87. The molecule has 1 aliphatic heterocycles. The predicted octanol–water partition coefficient (Wildman–Crippen LogP) is 8.30. The molecule has 0 amide bonds. The summed E-state index contributed by atoms with van der Waals surface area (Å²) in [4.78, 5) is 0. The monoisotopic (exact) mass is 666 g/mol. The zero-order chi connectivity index (χ0) is 22.3. The molecule has 2 aromatic rings. The van der Waals surface area contributed by atoms with E-state index in [1.165, 1.54) is 46.5 Å². The molecule has 6 heteroatoms. The van der Waals surface area contributed by atoms with Gasteiger partial charge in [0.1, 0.15) is 0 Å². The van der Waals surface area contributed by atoms with Gasteiger partial charge in [0.05, 0.1) is 22.6 Å². The second-order valence-corrected chi connectivity index (χ2v) is 17.2. The summed E-state index contributed by atoms with van der Waals surface area (Å²) < 4.78 is 37.5. The van der Waals surface area contributed by atoms with Gasteiger partial charge >= 0.3 is 180 Å². The Bertz CT molecular complexity index is 936. The van der Waals surface area contributed by atoms with Crippen LogP contribution in [0.5, 0.6) is 11.5 Å². The molecule has 5 rings (SSSR count). The Morgan fingerprint density at radius 1 is 0.938 bits per heavy atom. The molecule has 0 aromatic heterocycles. The fourth-order valence-corrected chi connectivity index (χ4v) is 15.0. The molecule has 3 aliphatic rings. The first-order chi connectivity index (χ1) is 15.4. The number of rotatable bonds is 6. The van der Waals surface area contributed by atoms with Crippen LogP contribution in [0.4, 0.5) is 8.78 Å². The maximum absolute atomic E-state index is 13.1. The second kappa shape index (κ2) is 9.55. The molecular weight excluding hydrogens is 636 g/mol. The van der Waals surface area contributed by atoms with Gasteiger partial charge in [-0.1, -0.05) is 0 Å². The summed E-state index contributed by atoms with van der Waals surface area (Å²) in [5.41, 5.74) is 3.42. The SMILES string of the molecule is COc1ccc(-c2ccc(OC(F)(F)I)cc2)cc1C1CCI([C@H]2CC3CCC2C3)CC1. The molecule has 2 aliphatic carbocycles. The van der Waals surface area contributed by atoms with Gasteiger partial charge in [-0.25, -0.2) is 0 Å². The molecule has 2 unspecified atom stereocenters. The van der Waals surface area contributed by atoms with E-state index in [1.807, 2.05) is 12.1 Å². The third-order valence-electron chi connectivity index (χ3n) is 7.54. The Balaban J connectivity index is 1.29. The van der Waals surface area contributed by atoms with Crippen LogP contribution in [0.3, 0.4) is 0 Å². The summed E-state index contributed by atoms with van der Waals surface area (Å²) in [5, 5.41) is 0. The zero-order valence-corrected chi connectivity index (χ0v) is 22.7. The molecule has 2 aromatic carbocycles. The molecule has 0 spiro atoms. The minimum atomic E-state index is -3.20. The molecule has 3 fully saturated rings. The van der Waals surface area contributed by atoms with Crippen molar-refractivity contribution in [1.29, 1.82) is 0 Å². The van der Waals surface area contributed by atoms with Crippen molar-refractivity contribution in [1.82, 2.24) is 0 Å². The van der Waals surface area contributed by atoms with Crippen molar-refractivity contribution in [3.05, 3.63) is 48.0 Å². The Kier molecular flexibility index (Phi) is 6.90. The van der Waals surface area contributed by atoms with Gasteiger partial charge in [-0.15, -0.1) is 0 Å². The number of benzene rings is 2. The van der Waals surface area contributed by atoms with Gasteiger partial charge < -0.3 is 0 Å². The molecule has 0 radical (unpaired) electrons. The molecule has 32 heavy (non-hydrogen) atoms. The van der Waals surface area contributed by atoms with E-state index >= 15 is 0 Å². The molecular formula is C26H30F2I2O2. The third kappa shape index (κ3) is 5.05. The fourth-order valence-electron chi connectivity index (χ4n) is 6.00. The number of halogens is 4. The van der Waals surface area contributed by atoms with E-state index in [0.29, 0.717) is 5.92 Å². The number of alkyl halides is 6.